The molecule has 0 radical (unpaired) electrons. The van der Waals surface area contributed by atoms with Crippen molar-refractivity contribution in [1.29, 1.82) is 0 Å². The van der Waals surface area contributed by atoms with Gasteiger partial charge in [0.15, 0.2) is 0 Å². The molecule has 1 atom stereocenters. The van der Waals surface area contributed by atoms with E-state index in [-0.39, 0.29) is 0 Å². The number of rotatable bonds is 3. The summed E-state index contributed by atoms with van der Waals surface area (Å²) >= 11 is 6.04. The van der Waals surface area contributed by atoms with Crippen molar-refractivity contribution in [3.05, 3.63) is 34.3 Å². The Morgan fingerprint density at radius 1 is 1.40 bits per heavy atom. The molecule has 2 heteroatoms. The number of halogens is 1. The Hall–Kier alpha value is -0.530. The topological polar surface area (TPSA) is 12.0 Å². The second kappa shape index (κ2) is 4.54. The first-order valence-corrected chi connectivity index (χ1v) is 6.03. The molecule has 1 saturated carbocycles. The average molecular weight is 224 g/mol. The molecule has 0 spiro atoms. The van der Waals surface area contributed by atoms with Gasteiger partial charge in [-0.25, -0.2) is 0 Å². The first kappa shape index (κ1) is 11.0. The minimum Gasteiger partial charge on any atom is -0.313 e. The summed E-state index contributed by atoms with van der Waals surface area (Å²) in [6.07, 6.45) is 4.09. The highest BCUT2D eigenvalue weighted by Gasteiger charge is 2.27. The molecular formula is C13H18ClN. The molecule has 1 aromatic rings. The fraction of sp³-hybridized carbons (Fsp3) is 0.538. The summed E-state index contributed by atoms with van der Waals surface area (Å²) in [6.45, 7) is 2.07. The van der Waals surface area contributed by atoms with Gasteiger partial charge < -0.3 is 5.32 Å². The molecule has 82 valence electrons. The maximum Gasteiger partial charge on any atom is 0.0435 e. The van der Waals surface area contributed by atoms with E-state index in [0.29, 0.717) is 6.04 Å². The van der Waals surface area contributed by atoms with E-state index in [1.165, 1.54) is 30.4 Å². The smallest absolute Gasteiger partial charge is 0.0435 e. The van der Waals surface area contributed by atoms with Crippen LogP contribution in [0, 0.1) is 12.8 Å². The molecule has 1 N–H and O–H groups in total. The van der Waals surface area contributed by atoms with Gasteiger partial charge in [-0.05, 0) is 49.9 Å². The lowest BCUT2D eigenvalue weighted by Crippen LogP contribution is -2.29. The van der Waals surface area contributed by atoms with E-state index in [2.05, 4.69) is 24.4 Å². The van der Waals surface area contributed by atoms with E-state index in [9.17, 15) is 0 Å². The van der Waals surface area contributed by atoms with E-state index in [1.54, 1.807) is 0 Å². The molecule has 0 aromatic heterocycles. The summed E-state index contributed by atoms with van der Waals surface area (Å²) in [5, 5.41) is 4.29. The summed E-state index contributed by atoms with van der Waals surface area (Å²) in [4.78, 5) is 0. The second-order valence-electron chi connectivity index (χ2n) is 4.47. The maximum absolute atomic E-state index is 6.04. The molecule has 2 rings (SSSR count). The van der Waals surface area contributed by atoms with Crippen molar-refractivity contribution in [2.45, 2.75) is 32.2 Å². The van der Waals surface area contributed by atoms with Crippen molar-refractivity contribution in [1.82, 2.24) is 5.32 Å². The zero-order chi connectivity index (χ0) is 10.8. The predicted molar refractivity (Wildman–Crippen MR) is 65.3 cm³/mol. The lowest BCUT2D eigenvalue weighted by atomic mass is 9.77. The molecule has 1 nitrogen and oxygen atoms in total. The van der Waals surface area contributed by atoms with Gasteiger partial charge in [-0.3, -0.25) is 0 Å². The molecule has 0 aliphatic heterocycles. The van der Waals surface area contributed by atoms with Crippen molar-refractivity contribution < 1.29 is 0 Å². The van der Waals surface area contributed by atoms with Crippen LogP contribution in [0.4, 0.5) is 0 Å². The fourth-order valence-corrected chi connectivity index (χ4v) is 2.43. The first-order chi connectivity index (χ1) is 7.22. The Balaban J connectivity index is 2.21. The maximum atomic E-state index is 6.04. The van der Waals surface area contributed by atoms with E-state index >= 15 is 0 Å². The van der Waals surface area contributed by atoms with Crippen molar-refractivity contribution in [2.75, 3.05) is 7.05 Å². The summed E-state index contributed by atoms with van der Waals surface area (Å²) in [5.74, 6) is 0.815. The Kier molecular flexibility index (Phi) is 3.32. The van der Waals surface area contributed by atoms with E-state index in [4.69, 9.17) is 11.6 Å². The van der Waals surface area contributed by atoms with Gasteiger partial charge in [0.1, 0.15) is 0 Å². The van der Waals surface area contributed by atoms with Crippen LogP contribution in [0.15, 0.2) is 18.2 Å². The van der Waals surface area contributed by atoms with Gasteiger partial charge in [-0.1, -0.05) is 30.2 Å². The monoisotopic (exact) mass is 223 g/mol. The quantitative estimate of drug-likeness (QED) is 0.824. The average Bonchev–Trinajstić information content (AvgIpc) is 2.16. The summed E-state index contributed by atoms with van der Waals surface area (Å²) < 4.78 is 0. The van der Waals surface area contributed by atoms with Gasteiger partial charge in [0.2, 0.25) is 0 Å². The third-order valence-corrected chi connectivity index (χ3v) is 3.90. The Bertz CT molecular complexity index is 344. The van der Waals surface area contributed by atoms with Crippen molar-refractivity contribution in [3.63, 3.8) is 0 Å². The SMILES string of the molecule is CNC(c1ccc(Cl)c(C)c1)C1CCC1. The molecule has 1 fully saturated rings. The minimum absolute atomic E-state index is 0.509. The highest BCUT2D eigenvalue weighted by Crippen LogP contribution is 2.38. The fourth-order valence-electron chi connectivity index (χ4n) is 2.31. The number of hydrogen-bond donors (Lipinski definition) is 1. The molecule has 0 bridgehead atoms. The number of aryl methyl sites for hydroxylation is 1. The molecule has 0 heterocycles. The molecule has 1 aromatic carbocycles. The lowest BCUT2D eigenvalue weighted by Gasteiger charge is -2.34. The number of benzene rings is 1. The third-order valence-electron chi connectivity index (χ3n) is 3.47. The molecule has 1 unspecified atom stereocenters. The van der Waals surface area contributed by atoms with Crippen LogP contribution in [-0.4, -0.2) is 7.05 Å². The first-order valence-electron chi connectivity index (χ1n) is 5.65. The number of nitrogens with one attached hydrogen (secondary N) is 1. The summed E-state index contributed by atoms with van der Waals surface area (Å²) in [6, 6.07) is 6.88. The predicted octanol–water partition coefficient (Wildman–Crippen LogP) is 3.71. The van der Waals surface area contributed by atoms with E-state index in [0.717, 1.165) is 10.9 Å². The minimum atomic E-state index is 0.509. The Labute approximate surface area is 96.8 Å². The van der Waals surface area contributed by atoms with E-state index < -0.39 is 0 Å². The zero-order valence-corrected chi connectivity index (χ0v) is 10.1. The standard InChI is InChI=1S/C13H18ClN/c1-9-8-11(6-7-12(9)14)13(15-2)10-4-3-5-10/h6-8,10,13,15H,3-5H2,1-2H3. The van der Waals surface area contributed by atoms with Gasteiger partial charge in [0.25, 0.3) is 0 Å². The second-order valence-corrected chi connectivity index (χ2v) is 4.87. The molecule has 1 aliphatic rings. The molecule has 1 aliphatic carbocycles. The van der Waals surface area contributed by atoms with Crippen LogP contribution in [0.3, 0.4) is 0 Å². The Morgan fingerprint density at radius 2 is 2.13 bits per heavy atom. The van der Waals surface area contributed by atoms with Gasteiger partial charge in [-0.2, -0.15) is 0 Å². The highest BCUT2D eigenvalue weighted by molar-refractivity contribution is 6.31. The molecule has 15 heavy (non-hydrogen) atoms. The van der Waals surface area contributed by atoms with Gasteiger partial charge in [0.05, 0.1) is 0 Å². The van der Waals surface area contributed by atoms with Crippen LogP contribution in [-0.2, 0) is 0 Å². The zero-order valence-electron chi connectivity index (χ0n) is 9.39. The lowest BCUT2D eigenvalue weighted by molar-refractivity contribution is 0.239. The van der Waals surface area contributed by atoms with Crippen molar-refractivity contribution in [3.8, 4) is 0 Å². The van der Waals surface area contributed by atoms with E-state index in [1.807, 2.05) is 13.1 Å². The molecular weight excluding hydrogens is 206 g/mol. The molecule has 0 saturated heterocycles. The third kappa shape index (κ3) is 2.19. The van der Waals surface area contributed by atoms with Crippen LogP contribution in [0.1, 0.15) is 36.4 Å². The highest BCUT2D eigenvalue weighted by atomic mass is 35.5. The normalized spacial score (nSPS) is 18.6. The van der Waals surface area contributed by atoms with Crippen molar-refractivity contribution >= 4 is 11.6 Å². The summed E-state index contributed by atoms with van der Waals surface area (Å²) in [5.41, 5.74) is 2.55. The molecule has 0 amide bonds. The number of hydrogen-bond acceptors (Lipinski definition) is 1. The summed E-state index contributed by atoms with van der Waals surface area (Å²) in [7, 11) is 2.05. The van der Waals surface area contributed by atoms with Crippen LogP contribution >= 0.6 is 11.6 Å². The van der Waals surface area contributed by atoms with Crippen molar-refractivity contribution in [2.24, 2.45) is 5.92 Å². The largest absolute Gasteiger partial charge is 0.313 e. The van der Waals surface area contributed by atoms with Crippen LogP contribution in [0.25, 0.3) is 0 Å². The van der Waals surface area contributed by atoms with Crippen LogP contribution < -0.4 is 5.32 Å². The van der Waals surface area contributed by atoms with Gasteiger partial charge >= 0.3 is 0 Å². The van der Waals surface area contributed by atoms with Gasteiger partial charge in [0, 0.05) is 11.1 Å². The van der Waals surface area contributed by atoms with Crippen LogP contribution in [0.5, 0.6) is 0 Å². The van der Waals surface area contributed by atoms with Crippen LogP contribution in [0.2, 0.25) is 5.02 Å². The Morgan fingerprint density at radius 3 is 2.60 bits per heavy atom. The van der Waals surface area contributed by atoms with Gasteiger partial charge in [-0.15, -0.1) is 0 Å².